The van der Waals surface area contributed by atoms with Crippen LogP contribution in [0.25, 0.3) is 0 Å². The standard InChI is InChI=1S/C16H14BrF2NO/c1-9-4-10(2)6-12(5-9)20(3)16(21)15-13(18)7-11(17)8-14(15)19/h4-8H,1-3H3. The molecule has 0 heterocycles. The van der Waals surface area contributed by atoms with Gasteiger partial charge >= 0.3 is 0 Å². The summed E-state index contributed by atoms with van der Waals surface area (Å²) >= 11 is 2.99. The minimum atomic E-state index is -0.886. The molecule has 2 rings (SSSR count). The van der Waals surface area contributed by atoms with Gasteiger partial charge in [0.15, 0.2) is 0 Å². The van der Waals surface area contributed by atoms with E-state index in [1.54, 1.807) is 12.1 Å². The van der Waals surface area contributed by atoms with Crippen LogP contribution in [0.3, 0.4) is 0 Å². The zero-order valence-electron chi connectivity index (χ0n) is 11.9. The van der Waals surface area contributed by atoms with Crippen LogP contribution in [0, 0.1) is 25.5 Å². The van der Waals surface area contributed by atoms with Gasteiger partial charge in [-0.25, -0.2) is 8.78 Å². The molecule has 0 unspecified atom stereocenters. The lowest BCUT2D eigenvalue weighted by molar-refractivity contribution is 0.0985. The zero-order chi connectivity index (χ0) is 15.7. The zero-order valence-corrected chi connectivity index (χ0v) is 13.5. The SMILES string of the molecule is Cc1cc(C)cc(N(C)C(=O)c2c(F)cc(Br)cc2F)c1. The number of anilines is 1. The summed E-state index contributed by atoms with van der Waals surface area (Å²) in [6.07, 6.45) is 0. The average Bonchev–Trinajstić information content (AvgIpc) is 2.35. The normalized spacial score (nSPS) is 10.6. The maximum Gasteiger partial charge on any atom is 0.263 e. The predicted octanol–water partition coefficient (Wildman–Crippen LogP) is 4.62. The van der Waals surface area contributed by atoms with E-state index in [0.29, 0.717) is 5.69 Å². The number of benzene rings is 2. The van der Waals surface area contributed by atoms with E-state index in [-0.39, 0.29) is 4.47 Å². The lowest BCUT2D eigenvalue weighted by Gasteiger charge is -2.19. The second kappa shape index (κ2) is 5.93. The van der Waals surface area contributed by atoms with Gasteiger partial charge in [-0.3, -0.25) is 4.79 Å². The van der Waals surface area contributed by atoms with E-state index < -0.39 is 23.1 Å². The fourth-order valence-electron chi connectivity index (χ4n) is 2.18. The highest BCUT2D eigenvalue weighted by atomic mass is 79.9. The molecule has 0 bridgehead atoms. The molecule has 0 fully saturated rings. The summed E-state index contributed by atoms with van der Waals surface area (Å²) in [5.74, 6) is -2.49. The molecule has 0 N–H and O–H groups in total. The third-order valence-corrected chi connectivity index (χ3v) is 3.58. The van der Waals surface area contributed by atoms with Gasteiger partial charge in [0.1, 0.15) is 17.2 Å². The molecule has 2 aromatic rings. The Morgan fingerprint density at radius 2 is 1.48 bits per heavy atom. The second-order valence-corrected chi connectivity index (χ2v) is 5.87. The Hall–Kier alpha value is -1.75. The van der Waals surface area contributed by atoms with Crippen molar-refractivity contribution in [3.05, 3.63) is 63.1 Å². The summed E-state index contributed by atoms with van der Waals surface area (Å²) in [7, 11) is 1.50. The van der Waals surface area contributed by atoms with Gasteiger partial charge in [-0.2, -0.15) is 0 Å². The fraction of sp³-hybridized carbons (Fsp3) is 0.188. The maximum absolute atomic E-state index is 13.9. The number of nitrogens with zero attached hydrogens (tertiary/aromatic N) is 1. The predicted molar refractivity (Wildman–Crippen MR) is 82.7 cm³/mol. The van der Waals surface area contributed by atoms with E-state index in [1.165, 1.54) is 11.9 Å². The Morgan fingerprint density at radius 3 is 1.95 bits per heavy atom. The van der Waals surface area contributed by atoms with Crippen molar-refractivity contribution < 1.29 is 13.6 Å². The van der Waals surface area contributed by atoms with E-state index in [1.807, 2.05) is 19.9 Å². The highest BCUT2D eigenvalue weighted by Gasteiger charge is 2.22. The molecule has 21 heavy (non-hydrogen) atoms. The Balaban J connectivity index is 2.44. The van der Waals surface area contributed by atoms with Crippen LogP contribution < -0.4 is 4.90 Å². The van der Waals surface area contributed by atoms with Crippen LogP contribution in [-0.4, -0.2) is 13.0 Å². The first kappa shape index (κ1) is 15.6. The first-order valence-electron chi connectivity index (χ1n) is 6.30. The largest absolute Gasteiger partial charge is 0.311 e. The van der Waals surface area contributed by atoms with Gasteiger partial charge in [0.2, 0.25) is 0 Å². The van der Waals surface area contributed by atoms with Crippen LogP contribution in [-0.2, 0) is 0 Å². The molecule has 110 valence electrons. The summed E-state index contributed by atoms with van der Waals surface area (Å²) in [4.78, 5) is 13.6. The summed E-state index contributed by atoms with van der Waals surface area (Å²) < 4.78 is 28.0. The molecule has 2 aromatic carbocycles. The monoisotopic (exact) mass is 353 g/mol. The van der Waals surface area contributed by atoms with Gasteiger partial charge in [-0.05, 0) is 49.2 Å². The van der Waals surface area contributed by atoms with Crippen molar-refractivity contribution in [2.45, 2.75) is 13.8 Å². The van der Waals surface area contributed by atoms with Crippen LogP contribution in [0.4, 0.5) is 14.5 Å². The van der Waals surface area contributed by atoms with Gasteiger partial charge in [0, 0.05) is 17.2 Å². The third-order valence-electron chi connectivity index (χ3n) is 3.12. The molecule has 0 aliphatic rings. The number of hydrogen-bond donors (Lipinski definition) is 0. The summed E-state index contributed by atoms with van der Waals surface area (Å²) in [5.41, 5.74) is 1.99. The highest BCUT2D eigenvalue weighted by molar-refractivity contribution is 9.10. The number of carbonyl (C=O) groups excluding carboxylic acids is 1. The highest BCUT2D eigenvalue weighted by Crippen LogP contribution is 2.24. The molecule has 0 atom stereocenters. The molecule has 1 amide bonds. The minimum absolute atomic E-state index is 0.253. The van der Waals surface area contributed by atoms with E-state index in [2.05, 4.69) is 15.9 Å². The molecule has 0 saturated heterocycles. The van der Waals surface area contributed by atoms with Gasteiger partial charge in [0.05, 0.1) is 0 Å². The van der Waals surface area contributed by atoms with Crippen molar-refractivity contribution >= 4 is 27.5 Å². The quantitative estimate of drug-likeness (QED) is 0.771. The van der Waals surface area contributed by atoms with Gasteiger partial charge in [-0.1, -0.05) is 22.0 Å². The van der Waals surface area contributed by atoms with Crippen molar-refractivity contribution in [1.82, 2.24) is 0 Å². The van der Waals surface area contributed by atoms with E-state index in [9.17, 15) is 13.6 Å². The number of halogens is 3. The second-order valence-electron chi connectivity index (χ2n) is 4.95. The Labute approximate surface area is 130 Å². The molecular weight excluding hydrogens is 340 g/mol. The van der Waals surface area contributed by atoms with Crippen molar-refractivity contribution in [2.75, 3.05) is 11.9 Å². The first-order valence-corrected chi connectivity index (χ1v) is 7.10. The van der Waals surface area contributed by atoms with Crippen molar-refractivity contribution in [1.29, 1.82) is 0 Å². The van der Waals surface area contributed by atoms with Crippen LogP contribution >= 0.6 is 15.9 Å². The number of carbonyl (C=O) groups is 1. The fourth-order valence-corrected chi connectivity index (χ4v) is 2.58. The lowest BCUT2D eigenvalue weighted by atomic mass is 10.1. The van der Waals surface area contributed by atoms with Crippen LogP contribution in [0.1, 0.15) is 21.5 Å². The average molecular weight is 354 g/mol. The lowest BCUT2D eigenvalue weighted by Crippen LogP contribution is -2.28. The molecule has 0 radical (unpaired) electrons. The summed E-state index contributed by atoms with van der Waals surface area (Å²) in [6, 6.07) is 7.69. The van der Waals surface area contributed by atoms with Gasteiger partial charge < -0.3 is 4.90 Å². The number of rotatable bonds is 2. The minimum Gasteiger partial charge on any atom is -0.311 e. The van der Waals surface area contributed by atoms with Crippen LogP contribution in [0.2, 0.25) is 0 Å². The smallest absolute Gasteiger partial charge is 0.263 e. The molecule has 0 saturated carbocycles. The Morgan fingerprint density at radius 1 is 1.00 bits per heavy atom. The molecule has 0 spiro atoms. The number of amides is 1. The molecule has 2 nitrogen and oxygen atoms in total. The summed E-state index contributed by atoms with van der Waals surface area (Å²) in [6.45, 7) is 3.80. The van der Waals surface area contributed by atoms with E-state index in [4.69, 9.17) is 0 Å². The van der Waals surface area contributed by atoms with E-state index in [0.717, 1.165) is 23.3 Å². The van der Waals surface area contributed by atoms with Gasteiger partial charge in [0.25, 0.3) is 5.91 Å². The van der Waals surface area contributed by atoms with Crippen molar-refractivity contribution in [2.24, 2.45) is 0 Å². The van der Waals surface area contributed by atoms with Crippen molar-refractivity contribution in [3.63, 3.8) is 0 Å². The number of hydrogen-bond acceptors (Lipinski definition) is 1. The topological polar surface area (TPSA) is 20.3 Å². The van der Waals surface area contributed by atoms with Crippen LogP contribution in [0.15, 0.2) is 34.8 Å². The Bertz CT molecular complexity index is 672. The first-order chi connectivity index (χ1) is 9.79. The molecular formula is C16H14BrF2NO. The number of aryl methyl sites for hydroxylation is 2. The van der Waals surface area contributed by atoms with E-state index >= 15 is 0 Å². The maximum atomic E-state index is 13.9. The molecule has 0 aliphatic carbocycles. The summed E-state index contributed by atoms with van der Waals surface area (Å²) in [5, 5.41) is 0. The van der Waals surface area contributed by atoms with Crippen molar-refractivity contribution in [3.8, 4) is 0 Å². The molecule has 5 heteroatoms. The molecule has 0 aromatic heterocycles. The van der Waals surface area contributed by atoms with Gasteiger partial charge in [-0.15, -0.1) is 0 Å². The van der Waals surface area contributed by atoms with Crippen LogP contribution in [0.5, 0.6) is 0 Å². The third kappa shape index (κ3) is 3.29. The molecule has 0 aliphatic heterocycles. The Kier molecular flexibility index (Phi) is 4.42.